The van der Waals surface area contributed by atoms with Gasteiger partial charge in [-0.2, -0.15) is 19.3 Å². The number of alkyl halides is 2. The Labute approximate surface area is 244 Å². The van der Waals surface area contributed by atoms with E-state index in [0.29, 0.717) is 28.8 Å². The molecule has 44 heavy (non-hydrogen) atoms. The lowest BCUT2D eigenvalue weighted by Crippen LogP contribution is -2.25. The van der Waals surface area contributed by atoms with Gasteiger partial charge in [0.15, 0.2) is 0 Å². The highest BCUT2D eigenvalue weighted by molar-refractivity contribution is 5.74. The number of hydrogen-bond acceptors (Lipinski definition) is 3. The second-order valence-corrected chi connectivity index (χ2v) is 9.39. The number of halogens is 8. The normalized spacial score (nSPS) is 11.1. The van der Waals surface area contributed by atoms with E-state index in [1.165, 1.54) is 24.3 Å². The molecule has 0 aliphatic rings. The fraction of sp³-hybridized carbons (Fsp3) is 0.0303. The minimum Gasteiger partial charge on any atom is -0.429 e. The third-order valence-electron chi connectivity index (χ3n) is 6.61. The second-order valence-electron chi connectivity index (χ2n) is 9.39. The van der Waals surface area contributed by atoms with Crippen molar-refractivity contribution in [3.05, 3.63) is 137 Å². The third kappa shape index (κ3) is 5.68. The van der Waals surface area contributed by atoms with E-state index in [0.717, 1.165) is 12.1 Å². The van der Waals surface area contributed by atoms with Gasteiger partial charge in [0, 0.05) is 23.3 Å². The Morgan fingerprint density at radius 3 is 1.50 bits per heavy atom. The van der Waals surface area contributed by atoms with Gasteiger partial charge in [-0.15, -0.1) is 0 Å². The van der Waals surface area contributed by atoms with Gasteiger partial charge >= 0.3 is 6.11 Å². The van der Waals surface area contributed by atoms with Crippen molar-refractivity contribution in [2.75, 3.05) is 0 Å². The molecule has 5 aromatic carbocycles. The van der Waals surface area contributed by atoms with E-state index >= 15 is 8.78 Å². The molecule has 0 radical (unpaired) electrons. The lowest BCUT2D eigenvalue weighted by molar-refractivity contribution is -0.189. The minimum absolute atomic E-state index is 0.00743. The highest BCUT2D eigenvalue weighted by Crippen LogP contribution is 2.39. The SMILES string of the molecule is N#Cc1ccc(-c2ccc(-c3ccc(-c4cc(F)c(C(F)(F)Oc5cc(F)c(C#N)c(F)c5)c(F)c4)c(F)c3)c(F)c2)cc1. The summed E-state index contributed by atoms with van der Waals surface area (Å²) in [6.45, 7) is 0. The summed E-state index contributed by atoms with van der Waals surface area (Å²) in [5.74, 6) is -9.67. The molecule has 218 valence electrons. The first-order valence-corrected chi connectivity index (χ1v) is 12.5. The highest BCUT2D eigenvalue weighted by Gasteiger charge is 2.41. The van der Waals surface area contributed by atoms with Crippen LogP contribution in [0.3, 0.4) is 0 Å². The maximum atomic E-state index is 15.1. The van der Waals surface area contributed by atoms with Gasteiger partial charge < -0.3 is 4.74 Å². The Balaban J connectivity index is 1.43. The van der Waals surface area contributed by atoms with Gasteiger partial charge in [0.1, 0.15) is 57.8 Å². The summed E-state index contributed by atoms with van der Waals surface area (Å²) in [6, 6.07) is 18.4. The predicted octanol–water partition coefficient (Wildman–Crippen LogP) is 9.39. The first-order valence-electron chi connectivity index (χ1n) is 12.5. The molecule has 0 fully saturated rings. The molecule has 0 saturated heterocycles. The molecule has 0 bridgehead atoms. The summed E-state index contributed by atoms with van der Waals surface area (Å²) in [4.78, 5) is 0. The van der Waals surface area contributed by atoms with Gasteiger partial charge in [-0.05, 0) is 58.7 Å². The molecule has 0 saturated carbocycles. The van der Waals surface area contributed by atoms with E-state index in [-0.39, 0.29) is 23.3 Å². The summed E-state index contributed by atoms with van der Waals surface area (Å²) in [5, 5.41) is 17.6. The second kappa shape index (κ2) is 11.5. The number of ether oxygens (including phenoxy) is 1. The number of nitrogens with zero attached hydrogens (tertiary/aromatic N) is 2. The largest absolute Gasteiger partial charge is 0.432 e. The Hall–Kier alpha value is -5.68. The van der Waals surface area contributed by atoms with Crippen molar-refractivity contribution in [2.45, 2.75) is 6.11 Å². The fourth-order valence-corrected chi connectivity index (χ4v) is 4.50. The summed E-state index contributed by atoms with van der Waals surface area (Å²) >= 11 is 0. The van der Waals surface area contributed by atoms with Gasteiger partial charge in [0.25, 0.3) is 0 Å². The fourth-order valence-electron chi connectivity index (χ4n) is 4.50. The Kier molecular flexibility index (Phi) is 7.81. The van der Waals surface area contributed by atoms with Crippen LogP contribution in [-0.4, -0.2) is 0 Å². The topological polar surface area (TPSA) is 56.8 Å². The maximum absolute atomic E-state index is 15.1. The first-order chi connectivity index (χ1) is 20.9. The molecule has 0 unspecified atom stereocenters. The predicted molar refractivity (Wildman–Crippen MR) is 143 cm³/mol. The molecule has 0 atom stereocenters. The average Bonchev–Trinajstić information content (AvgIpc) is 2.96. The van der Waals surface area contributed by atoms with E-state index < -0.39 is 69.0 Å². The molecule has 0 heterocycles. The molecule has 3 nitrogen and oxygen atoms in total. The molecule has 11 heteroatoms. The van der Waals surface area contributed by atoms with E-state index in [1.807, 2.05) is 6.07 Å². The van der Waals surface area contributed by atoms with Crippen LogP contribution in [-0.2, 0) is 6.11 Å². The number of rotatable bonds is 6. The molecular weight excluding hydrogens is 592 g/mol. The summed E-state index contributed by atoms with van der Waals surface area (Å²) in [7, 11) is 0. The summed E-state index contributed by atoms with van der Waals surface area (Å²) < 4.78 is 121. The third-order valence-corrected chi connectivity index (χ3v) is 6.61. The molecule has 5 rings (SSSR count). The van der Waals surface area contributed by atoms with Crippen LogP contribution < -0.4 is 4.74 Å². The standard InChI is InChI=1S/C33H14F8N2O/c34-26-9-19(18-3-1-17(15-42)2-4-18)5-7-23(26)20-6-8-24(27(35)10-20)21-11-30(38)32(31(39)12-21)33(40,41)44-22-13-28(36)25(16-43)29(37)14-22/h1-14H. The van der Waals surface area contributed by atoms with E-state index in [4.69, 9.17) is 10.5 Å². The van der Waals surface area contributed by atoms with Crippen molar-refractivity contribution in [2.24, 2.45) is 0 Å². The zero-order chi connectivity index (χ0) is 31.8. The first kappa shape index (κ1) is 29.8. The van der Waals surface area contributed by atoms with Crippen LogP contribution in [0.25, 0.3) is 33.4 Å². The van der Waals surface area contributed by atoms with E-state index in [1.54, 1.807) is 30.3 Å². The number of benzene rings is 5. The summed E-state index contributed by atoms with van der Waals surface area (Å²) in [6.07, 6.45) is -4.77. The monoisotopic (exact) mass is 606 g/mol. The van der Waals surface area contributed by atoms with Gasteiger partial charge in [0.05, 0.1) is 11.6 Å². The van der Waals surface area contributed by atoms with Crippen LogP contribution >= 0.6 is 0 Å². The van der Waals surface area contributed by atoms with Crippen molar-refractivity contribution < 1.29 is 39.9 Å². The van der Waals surface area contributed by atoms with Gasteiger partial charge in [-0.25, -0.2) is 26.3 Å². The quantitative estimate of drug-likeness (QED) is 0.181. The molecule has 0 amide bonds. The van der Waals surface area contributed by atoms with Crippen LogP contribution in [0.15, 0.2) is 84.9 Å². The number of nitriles is 2. The van der Waals surface area contributed by atoms with Crippen LogP contribution in [0.5, 0.6) is 5.75 Å². The van der Waals surface area contributed by atoms with Gasteiger partial charge in [-0.3, -0.25) is 0 Å². The molecule has 5 aromatic rings. The van der Waals surface area contributed by atoms with Gasteiger partial charge in [-0.1, -0.05) is 36.4 Å². The van der Waals surface area contributed by atoms with Crippen molar-refractivity contribution in [3.8, 4) is 51.3 Å². The van der Waals surface area contributed by atoms with Crippen molar-refractivity contribution in [3.63, 3.8) is 0 Å². The van der Waals surface area contributed by atoms with Gasteiger partial charge in [0.2, 0.25) is 0 Å². The van der Waals surface area contributed by atoms with Crippen LogP contribution in [0, 0.1) is 57.6 Å². The average molecular weight is 606 g/mol. The van der Waals surface area contributed by atoms with Crippen LogP contribution in [0.4, 0.5) is 35.1 Å². The van der Waals surface area contributed by atoms with E-state index in [2.05, 4.69) is 4.74 Å². The maximum Gasteiger partial charge on any atom is 0.432 e. The summed E-state index contributed by atoms with van der Waals surface area (Å²) in [5.41, 5.74) is -2.21. The van der Waals surface area contributed by atoms with Crippen molar-refractivity contribution >= 4 is 0 Å². The van der Waals surface area contributed by atoms with Crippen LogP contribution in [0.2, 0.25) is 0 Å². The number of hydrogen-bond donors (Lipinski definition) is 0. The molecule has 0 N–H and O–H groups in total. The highest BCUT2D eigenvalue weighted by atomic mass is 19.3. The lowest BCUT2D eigenvalue weighted by Gasteiger charge is -2.20. The van der Waals surface area contributed by atoms with Crippen molar-refractivity contribution in [1.82, 2.24) is 0 Å². The zero-order valence-corrected chi connectivity index (χ0v) is 21.9. The molecule has 0 aliphatic carbocycles. The Morgan fingerprint density at radius 1 is 0.500 bits per heavy atom. The molecule has 0 aliphatic heterocycles. The van der Waals surface area contributed by atoms with Crippen LogP contribution in [0.1, 0.15) is 16.7 Å². The van der Waals surface area contributed by atoms with E-state index in [9.17, 15) is 26.3 Å². The Morgan fingerprint density at radius 2 is 0.977 bits per heavy atom. The molecule has 0 spiro atoms. The smallest absolute Gasteiger partial charge is 0.429 e. The van der Waals surface area contributed by atoms with Crippen molar-refractivity contribution in [1.29, 1.82) is 10.5 Å². The molecule has 0 aromatic heterocycles. The molecular formula is C33H14F8N2O. The lowest BCUT2D eigenvalue weighted by atomic mass is 9.96. The minimum atomic E-state index is -4.77. The Bertz CT molecular complexity index is 1960. The zero-order valence-electron chi connectivity index (χ0n) is 21.9.